The molecule has 1 saturated heterocycles. The van der Waals surface area contributed by atoms with Crippen LogP contribution in [0.4, 0.5) is 10.1 Å². The molecule has 0 saturated carbocycles. The molecule has 0 unspecified atom stereocenters. The van der Waals surface area contributed by atoms with Crippen molar-refractivity contribution < 1.29 is 9.18 Å². The first-order valence-electron chi connectivity index (χ1n) is 8.37. The van der Waals surface area contributed by atoms with Gasteiger partial charge < -0.3 is 9.80 Å². The van der Waals surface area contributed by atoms with Crippen molar-refractivity contribution in [2.45, 2.75) is 6.92 Å². The molecule has 25 heavy (non-hydrogen) atoms. The van der Waals surface area contributed by atoms with Crippen LogP contribution in [0.1, 0.15) is 16.2 Å². The van der Waals surface area contributed by atoms with Crippen LogP contribution >= 0.6 is 0 Å². The molecule has 0 bridgehead atoms. The van der Waals surface area contributed by atoms with Gasteiger partial charge >= 0.3 is 0 Å². The van der Waals surface area contributed by atoms with Gasteiger partial charge in [-0.2, -0.15) is 0 Å². The second-order valence-electron chi connectivity index (χ2n) is 6.21. The zero-order chi connectivity index (χ0) is 17.4. The number of halogens is 1. The lowest BCUT2D eigenvalue weighted by atomic mass is 10.2. The summed E-state index contributed by atoms with van der Waals surface area (Å²) in [4.78, 5) is 21.2. The number of carbonyl (C=O) groups is 1. The molecule has 128 valence electrons. The Morgan fingerprint density at radius 3 is 2.52 bits per heavy atom. The van der Waals surface area contributed by atoms with Gasteiger partial charge in [-0.1, -0.05) is 18.2 Å². The lowest BCUT2D eigenvalue weighted by molar-refractivity contribution is 0.0739. The van der Waals surface area contributed by atoms with Gasteiger partial charge in [-0.05, 0) is 31.2 Å². The summed E-state index contributed by atoms with van der Waals surface area (Å²) in [5.41, 5.74) is 2.71. The number of anilines is 1. The number of imidazole rings is 1. The van der Waals surface area contributed by atoms with Gasteiger partial charge in [-0.15, -0.1) is 0 Å². The molecule has 3 aromatic rings. The fraction of sp³-hybridized carbons (Fsp3) is 0.263. The van der Waals surface area contributed by atoms with Gasteiger partial charge in [0.2, 0.25) is 0 Å². The van der Waals surface area contributed by atoms with Gasteiger partial charge in [0, 0.05) is 32.4 Å². The van der Waals surface area contributed by atoms with Gasteiger partial charge in [0.25, 0.3) is 5.91 Å². The van der Waals surface area contributed by atoms with Crippen molar-refractivity contribution in [3.8, 4) is 0 Å². The molecule has 0 radical (unpaired) electrons. The van der Waals surface area contributed by atoms with Crippen molar-refractivity contribution in [2.24, 2.45) is 0 Å². The predicted octanol–water partition coefficient (Wildman–Crippen LogP) is 2.74. The maximum Gasteiger partial charge on any atom is 0.272 e. The second kappa shape index (κ2) is 6.20. The van der Waals surface area contributed by atoms with Crippen LogP contribution in [0.3, 0.4) is 0 Å². The third-order valence-corrected chi connectivity index (χ3v) is 4.67. The Bertz CT molecular complexity index is 928. The summed E-state index contributed by atoms with van der Waals surface area (Å²) in [6.45, 7) is 4.21. The minimum absolute atomic E-state index is 0.0237. The number of hydrogen-bond acceptors (Lipinski definition) is 3. The fourth-order valence-electron chi connectivity index (χ4n) is 3.38. The molecule has 0 atom stereocenters. The molecule has 1 aliphatic rings. The Morgan fingerprint density at radius 1 is 1.04 bits per heavy atom. The summed E-state index contributed by atoms with van der Waals surface area (Å²) in [6.07, 6.45) is 1.86. The molecule has 5 nitrogen and oxygen atoms in total. The highest BCUT2D eigenvalue weighted by Crippen LogP contribution is 2.21. The third-order valence-electron chi connectivity index (χ3n) is 4.67. The number of benzene rings is 1. The van der Waals surface area contributed by atoms with E-state index in [1.54, 1.807) is 12.1 Å². The minimum Gasteiger partial charge on any atom is -0.366 e. The normalized spacial score (nSPS) is 15.0. The van der Waals surface area contributed by atoms with Gasteiger partial charge in [0.1, 0.15) is 17.2 Å². The quantitative estimate of drug-likeness (QED) is 0.721. The van der Waals surface area contributed by atoms with Crippen LogP contribution in [-0.4, -0.2) is 46.4 Å². The van der Waals surface area contributed by atoms with E-state index in [2.05, 4.69) is 4.98 Å². The molecule has 6 heteroatoms. The number of aryl methyl sites for hydroxylation is 1. The summed E-state index contributed by atoms with van der Waals surface area (Å²) in [6, 6.07) is 12.4. The Hall–Kier alpha value is -2.89. The molecule has 1 aliphatic heterocycles. The number of carbonyl (C=O) groups excluding carboxylic acids is 1. The summed E-state index contributed by atoms with van der Waals surface area (Å²) in [7, 11) is 0. The van der Waals surface area contributed by atoms with E-state index in [4.69, 9.17) is 0 Å². The van der Waals surface area contributed by atoms with E-state index < -0.39 is 0 Å². The smallest absolute Gasteiger partial charge is 0.272 e. The zero-order valence-corrected chi connectivity index (χ0v) is 14.0. The SMILES string of the molecule is Cc1nc2ccccn2c1C(=O)N1CCN(c2ccccc2F)CC1. The number of nitrogens with zero attached hydrogens (tertiary/aromatic N) is 4. The summed E-state index contributed by atoms with van der Waals surface area (Å²) >= 11 is 0. The number of hydrogen-bond donors (Lipinski definition) is 0. The van der Waals surface area contributed by atoms with E-state index in [1.165, 1.54) is 6.07 Å². The van der Waals surface area contributed by atoms with Crippen molar-refractivity contribution in [1.82, 2.24) is 14.3 Å². The standard InChI is InChI=1S/C19H19FN4O/c1-14-18(24-9-5-4-8-17(24)21-14)19(25)23-12-10-22(11-13-23)16-7-3-2-6-15(16)20/h2-9H,10-13H2,1H3. The fourth-order valence-corrected chi connectivity index (χ4v) is 3.38. The van der Waals surface area contributed by atoms with Gasteiger partial charge in [-0.3, -0.25) is 9.20 Å². The number of fused-ring (bicyclic) bond motifs is 1. The Morgan fingerprint density at radius 2 is 1.76 bits per heavy atom. The van der Waals surface area contributed by atoms with Crippen molar-refractivity contribution in [1.29, 1.82) is 0 Å². The zero-order valence-electron chi connectivity index (χ0n) is 14.0. The van der Waals surface area contributed by atoms with Crippen LogP contribution < -0.4 is 4.90 Å². The van der Waals surface area contributed by atoms with E-state index in [1.807, 2.05) is 51.6 Å². The van der Waals surface area contributed by atoms with Gasteiger partial charge in [0.05, 0.1) is 11.4 Å². The maximum atomic E-state index is 13.9. The average Bonchev–Trinajstić information content (AvgIpc) is 2.97. The van der Waals surface area contributed by atoms with Crippen molar-refractivity contribution >= 4 is 17.2 Å². The predicted molar refractivity (Wildman–Crippen MR) is 94.4 cm³/mol. The highest BCUT2D eigenvalue weighted by molar-refractivity contribution is 5.94. The van der Waals surface area contributed by atoms with Crippen molar-refractivity contribution in [3.05, 3.63) is 65.9 Å². The summed E-state index contributed by atoms with van der Waals surface area (Å²) in [5, 5.41) is 0. The Balaban J connectivity index is 1.53. The number of para-hydroxylation sites is 1. The number of amides is 1. The largest absolute Gasteiger partial charge is 0.366 e. The van der Waals surface area contributed by atoms with Crippen LogP contribution in [0.15, 0.2) is 48.7 Å². The van der Waals surface area contributed by atoms with Crippen molar-refractivity contribution in [3.63, 3.8) is 0 Å². The minimum atomic E-state index is -0.222. The molecule has 1 fully saturated rings. The van der Waals surface area contributed by atoms with Gasteiger partial charge in [0.15, 0.2) is 0 Å². The first-order valence-corrected chi connectivity index (χ1v) is 8.37. The molecule has 0 spiro atoms. The van der Waals surface area contributed by atoms with Gasteiger partial charge in [-0.25, -0.2) is 9.37 Å². The van der Waals surface area contributed by atoms with E-state index in [-0.39, 0.29) is 11.7 Å². The molecule has 1 aromatic carbocycles. The van der Waals surface area contributed by atoms with Crippen LogP contribution in [0.2, 0.25) is 0 Å². The van der Waals surface area contributed by atoms with E-state index in [0.29, 0.717) is 37.6 Å². The molecule has 2 aromatic heterocycles. The lowest BCUT2D eigenvalue weighted by Crippen LogP contribution is -2.49. The summed E-state index contributed by atoms with van der Waals surface area (Å²) < 4.78 is 15.8. The van der Waals surface area contributed by atoms with Crippen molar-refractivity contribution in [2.75, 3.05) is 31.1 Å². The third kappa shape index (κ3) is 2.73. The van der Waals surface area contributed by atoms with Crippen LogP contribution in [-0.2, 0) is 0 Å². The number of rotatable bonds is 2. The molecular weight excluding hydrogens is 319 g/mol. The summed E-state index contributed by atoms with van der Waals surface area (Å²) in [5.74, 6) is -0.246. The highest BCUT2D eigenvalue weighted by Gasteiger charge is 2.26. The molecule has 3 heterocycles. The molecule has 1 amide bonds. The molecule has 0 aliphatic carbocycles. The number of pyridine rings is 1. The lowest BCUT2D eigenvalue weighted by Gasteiger charge is -2.36. The van der Waals surface area contributed by atoms with Crippen LogP contribution in [0.5, 0.6) is 0 Å². The maximum absolute atomic E-state index is 13.9. The van der Waals surface area contributed by atoms with Crippen LogP contribution in [0, 0.1) is 12.7 Å². The first kappa shape index (κ1) is 15.6. The first-order chi connectivity index (χ1) is 12.1. The topological polar surface area (TPSA) is 40.9 Å². The van der Waals surface area contributed by atoms with Crippen LogP contribution in [0.25, 0.3) is 5.65 Å². The second-order valence-corrected chi connectivity index (χ2v) is 6.21. The molecular formula is C19H19FN4O. The van der Waals surface area contributed by atoms with E-state index >= 15 is 0 Å². The average molecular weight is 338 g/mol. The van der Waals surface area contributed by atoms with E-state index in [0.717, 1.165) is 11.3 Å². The Kier molecular flexibility index (Phi) is 3.87. The molecule has 0 N–H and O–H groups in total. The van der Waals surface area contributed by atoms with E-state index in [9.17, 15) is 9.18 Å². The highest BCUT2D eigenvalue weighted by atomic mass is 19.1. The molecule has 4 rings (SSSR count). The number of aromatic nitrogens is 2. The monoisotopic (exact) mass is 338 g/mol. The Labute approximate surface area is 145 Å². The number of piperazine rings is 1.